The highest BCUT2D eigenvalue weighted by Gasteiger charge is 2.32. The second kappa shape index (κ2) is 6.72. The van der Waals surface area contributed by atoms with Crippen molar-refractivity contribution in [1.29, 1.82) is 0 Å². The summed E-state index contributed by atoms with van der Waals surface area (Å²) in [5.41, 5.74) is 2.35. The van der Waals surface area contributed by atoms with E-state index in [1.807, 2.05) is 43.3 Å². The van der Waals surface area contributed by atoms with Crippen LogP contribution in [0.25, 0.3) is 11.3 Å². The van der Waals surface area contributed by atoms with Gasteiger partial charge in [-0.1, -0.05) is 30.3 Å². The highest BCUT2D eigenvalue weighted by Crippen LogP contribution is 2.27. The molecule has 23 heavy (non-hydrogen) atoms. The molecular weight excluding hydrogens is 308 g/mol. The van der Waals surface area contributed by atoms with Gasteiger partial charge < -0.3 is 10.4 Å². The fourth-order valence-electron chi connectivity index (χ4n) is 2.65. The molecule has 1 atom stereocenters. The lowest BCUT2D eigenvalue weighted by Crippen LogP contribution is -2.43. The van der Waals surface area contributed by atoms with Crippen molar-refractivity contribution in [3.05, 3.63) is 53.7 Å². The van der Waals surface area contributed by atoms with Crippen LogP contribution in [0.4, 0.5) is 0 Å². The van der Waals surface area contributed by atoms with Gasteiger partial charge >= 0.3 is 0 Å². The molecular formula is C18H20N2O2S. The fourth-order valence-corrected chi connectivity index (χ4v) is 3.94. The molecule has 1 aromatic carbocycles. The second-order valence-corrected chi connectivity index (χ2v) is 7.01. The van der Waals surface area contributed by atoms with Crippen LogP contribution in [0.15, 0.2) is 42.5 Å². The molecule has 0 bridgehead atoms. The standard InChI is InChI=1S/C18H20N2O2S/c1-13-15(17(21)19-11-18(22)9-10-23-12-18)7-8-16(20-13)14-5-3-2-4-6-14/h2-8,22H,9-12H2,1H3,(H,19,21). The molecule has 4 nitrogen and oxygen atoms in total. The summed E-state index contributed by atoms with van der Waals surface area (Å²) in [7, 11) is 0. The number of amides is 1. The number of hydrogen-bond donors (Lipinski definition) is 2. The summed E-state index contributed by atoms with van der Waals surface area (Å²) in [4.78, 5) is 16.9. The predicted octanol–water partition coefficient (Wildman–Crippen LogP) is 2.65. The normalized spacial score (nSPS) is 20.4. The molecule has 5 heteroatoms. The number of carbonyl (C=O) groups excluding carboxylic acids is 1. The van der Waals surface area contributed by atoms with Crippen molar-refractivity contribution in [1.82, 2.24) is 10.3 Å². The number of nitrogens with zero attached hydrogens (tertiary/aromatic N) is 1. The van der Waals surface area contributed by atoms with Gasteiger partial charge in [-0.05, 0) is 31.2 Å². The van der Waals surface area contributed by atoms with Gasteiger partial charge in [0.15, 0.2) is 0 Å². The van der Waals surface area contributed by atoms with Crippen LogP contribution in [-0.4, -0.2) is 39.6 Å². The van der Waals surface area contributed by atoms with Crippen molar-refractivity contribution in [3.8, 4) is 11.3 Å². The lowest BCUT2D eigenvalue weighted by Gasteiger charge is -2.21. The van der Waals surface area contributed by atoms with Crippen molar-refractivity contribution >= 4 is 17.7 Å². The van der Waals surface area contributed by atoms with Gasteiger partial charge in [0.2, 0.25) is 0 Å². The number of nitrogens with one attached hydrogen (secondary N) is 1. The van der Waals surface area contributed by atoms with Crippen LogP contribution in [0.3, 0.4) is 0 Å². The first kappa shape index (κ1) is 16.0. The molecule has 1 aromatic heterocycles. The van der Waals surface area contributed by atoms with Crippen LogP contribution in [0, 0.1) is 6.92 Å². The van der Waals surface area contributed by atoms with E-state index in [-0.39, 0.29) is 5.91 Å². The maximum atomic E-state index is 12.3. The zero-order valence-corrected chi connectivity index (χ0v) is 13.9. The fraction of sp³-hybridized carbons (Fsp3) is 0.333. The molecule has 1 saturated heterocycles. The first-order chi connectivity index (χ1) is 11.1. The van der Waals surface area contributed by atoms with Crippen LogP contribution in [0.2, 0.25) is 0 Å². The lowest BCUT2D eigenvalue weighted by molar-refractivity contribution is 0.0612. The molecule has 0 radical (unpaired) electrons. The summed E-state index contributed by atoms with van der Waals surface area (Å²) >= 11 is 1.72. The maximum Gasteiger partial charge on any atom is 0.253 e. The van der Waals surface area contributed by atoms with Crippen LogP contribution in [0.5, 0.6) is 0 Å². The first-order valence-electron chi connectivity index (χ1n) is 7.69. The van der Waals surface area contributed by atoms with Crippen molar-refractivity contribution in [2.24, 2.45) is 0 Å². The molecule has 1 unspecified atom stereocenters. The Morgan fingerprint density at radius 2 is 2.09 bits per heavy atom. The molecule has 0 spiro atoms. The predicted molar refractivity (Wildman–Crippen MR) is 93.6 cm³/mol. The number of carbonyl (C=O) groups is 1. The Labute approximate surface area is 140 Å². The van der Waals surface area contributed by atoms with Gasteiger partial charge in [0.1, 0.15) is 0 Å². The van der Waals surface area contributed by atoms with Gasteiger partial charge in [-0.15, -0.1) is 0 Å². The molecule has 2 heterocycles. The molecule has 0 saturated carbocycles. The average Bonchev–Trinajstić information content (AvgIpc) is 3.00. The number of aryl methyl sites for hydroxylation is 1. The number of benzene rings is 1. The van der Waals surface area contributed by atoms with Crippen molar-refractivity contribution in [2.75, 3.05) is 18.1 Å². The summed E-state index contributed by atoms with van der Waals surface area (Å²) in [6.07, 6.45) is 0.724. The zero-order chi connectivity index (χ0) is 16.3. The maximum absolute atomic E-state index is 12.3. The quantitative estimate of drug-likeness (QED) is 0.906. The second-order valence-electron chi connectivity index (χ2n) is 5.91. The van der Waals surface area contributed by atoms with E-state index in [0.29, 0.717) is 23.6 Å². The molecule has 1 amide bonds. The van der Waals surface area contributed by atoms with E-state index in [1.54, 1.807) is 17.8 Å². The van der Waals surface area contributed by atoms with Gasteiger partial charge in [-0.3, -0.25) is 9.78 Å². The van der Waals surface area contributed by atoms with Crippen molar-refractivity contribution in [2.45, 2.75) is 18.9 Å². The molecule has 2 N–H and O–H groups in total. The van der Waals surface area contributed by atoms with Crippen LogP contribution < -0.4 is 5.32 Å². The Kier molecular flexibility index (Phi) is 4.68. The smallest absolute Gasteiger partial charge is 0.253 e. The highest BCUT2D eigenvalue weighted by atomic mass is 32.2. The summed E-state index contributed by atoms with van der Waals surface area (Å²) in [5, 5.41) is 13.1. The number of pyridine rings is 1. The van der Waals surface area contributed by atoms with Gasteiger partial charge in [0.25, 0.3) is 5.91 Å². The van der Waals surface area contributed by atoms with E-state index in [1.165, 1.54) is 0 Å². The zero-order valence-electron chi connectivity index (χ0n) is 13.1. The topological polar surface area (TPSA) is 62.2 Å². The minimum absolute atomic E-state index is 0.181. The van der Waals surface area contributed by atoms with E-state index >= 15 is 0 Å². The van der Waals surface area contributed by atoms with Crippen LogP contribution in [-0.2, 0) is 0 Å². The third-order valence-electron chi connectivity index (χ3n) is 4.06. The average molecular weight is 328 g/mol. The molecule has 1 aliphatic rings. The van der Waals surface area contributed by atoms with E-state index in [4.69, 9.17) is 0 Å². The van der Waals surface area contributed by atoms with Gasteiger partial charge in [0, 0.05) is 17.9 Å². The monoisotopic (exact) mass is 328 g/mol. The van der Waals surface area contributed by atoms with E-state index < -0.39 is 5.60 Å². The Hall–Kier alpha value is -1.85. The number of aliphatic hydroxyl groups is 1. The summed E-state index contributed by atoms with van der Waals surface area (Å²) in [6.45, 7) is 2.13. The Morgan fingerprint density at radius 3 is 2.74 bits per heavy atom. The number of hydrogen-bond acceptors (Lipinski definition) is 4. The highest BCUT2D eigenvalue weighted by molar-refractivity contribution is 7.99. The van der Waals surface area contributed by atoms with Crippen molar-refractivity contribution < 1.29 is 9.90 Å². The number of thioether (sulfide) groups is 1. The van der Waals surface area contributed by atoms with Gasteiger partial charge in [0.05, 0.1) is 22.6 Å². The molecule has 2 aromatic rings. The van der Waals surface area contributed by atoms with Crippen LogP contribution >= 0.6 is 11.8 Å². The SMILES string of the molecule is Cc1nc(-c2ccccc2)ccc1C(=O)NCC1(O)CCSC1. The summed E-state index contributed by atoms with van der Waals surface area (Å²) in [6, 6.07) is 13.5. The summed E-state index contributed by atoms with van der Waals surface area (Å²) < 4.78 is 0. The van der Waals surface area contributed by atoms with Gasteiger partial charge in [-0.2, -0.15) is 11.8 Å². The van der Waals surface area contributed by atoms with E-state index in [0.717, 1.165) is 23.4 Å². The van der Waals surface area contributed by atoms with Crippen molar-refractivity contribution in [3.63, 3.8) is 0 Å². The minimum Gasteiger partial charge on any atom is -0.387 e. The minimum atomic E-state index is -0.772. The summed E-state index contributed by atoms with van der Waals surface area (Å²) in [5.74, 6) is 1.44. The Morgan fingerprint density at radius 1 is 1.30 bits per heavy atom. The lowest BCUT2D eigenvalue weighted by atomic mass is 10.0. The molecule has 3 rings (SSSR count). The van der Waals surface area contributed by atoms with E-state index in [9.17, 15) is 9.90 Å². The van der Waals surface area contributed by atoms with E-state index in [2.05, 4.69) is 10.3 Å². The molecule has 1 aliphatic heterocycles. The third kappa shape index (κ3) is 3.74. The Balaban J connectivity index is 1.71. The Bertz CT molecular complexity index is 697. The molecule has 120 valence electrons. The van der Waals surface area contributed by atoms with Crippen LogP contribution in [0.1, 0.15) is 22.5 Å². The molecule has 1 fully saturated rings. The largest absolute Gasteiger partial charge is 0.387 e. The third-order valence-corrected chi connectivity index (χ3v) is 5.29. The first-order valence-corrected chi connectivity index (χ1v) is 8.84. The van der Waals surface area contributed by atoms with Gasteiger partial charge in [-0.25, -0.2) is 0 Å². The number of aromatic nitrogens is 1. The molecule has 0 aliphatic carbocycles. The number of rotatable bonds is 4.